The van der Waals surface area contributed by atoms with Gasteiger partial charge in [-0.15, -0.1) is 0 Å². The first-order valence-corrected chi connectivity index (χ1v) is 8.72. The van der Waals surface area contributed by atoms with E-state index < -0.39 is 20.6 Å². The van der Waals surface area contributed by atoms with Gasteiger partial charge in [0.2, 0.25) is 15.9 Å². The zero-order valence-electron chi connectivity index (χ0n) is 13.0. The monoisotopic (exact) mass is 341 g/mol. The highest BCUT2D eigenvalue weighted by atomic mass is 32.2. The summed E-state index contributed by atoms with van der Waals surface area (Å²) in [5.74, 6) is -0.0409. The van der Waals surface area contributed by atoms with Crippen molar-refractivity contribution in [3.05, 3.63) is 33.9 Å². The van der Waals surface area contributed by atoms with E-state index >= 15 is 0 Å². The third-order valence-electron chi connectivity index (χ3n) is 3.92. The summed E-state index contributed by atoms with van der Waals surface area (Å²) in [6, 6.07) is 3.83. The SMILES string of the molecule is CC(=O)N1CCC(NS(=O)(=O)c2c(C)cccc2[N+](=O)[O-])CC1. The quantitative estimate of drug-likeness (QED) is 0.653. The van der Waals surface area contributed by atoms with Gasteiger partial charge in [0.1, 0.15) is 0 Å². The lowest BCUT2D eigenvalue weighted by molar-refractivity contribution is -0.387. The van der Waals surface area contributed by atoms with Crippen LogP contribution in [0.5, 0.6) is 0 Å². The number of hydrogen-bond donors (Lipinski definition) is 1. The van der Waals surface area contributed by atoms with Gasteiger partial charge in [-0.1, -0.05) is 12.1 Å². The summed E-state index contributed by atoms with van der Waals surface area (Å²) < 4.78 is 27.7. The van der Waals surface area contributed by atoms with Crippen molar-refractivity contribution in [3.8, 4) is 0 Å². The van der Waals surface area contributed by atoms with Gasteiger partial charge in [-0.05, 0) is 25.3 Å². The van der Waals surface area contributed by atoms with E-state index in [0.29, 0.717) is 31.5 Å². The Balaban J connectivity index is 2.21. The molecule has 0 atom stereocenters. The van der Waals surface area contributed by atoms with Gasteiger partial charge in [0.25, 0.3) is 5.69 Å². The molecular formula is C14H19N3O5S. The molecule has 0 saturated carbocycles. The van der Waals surface area contributed by atoms with Crippen LogP contribution in [0, 0.1) is 17.0 Å². The predicted octanol–water partition coefficient (Wildman–Crippen LogP) is 1.19. The average molecular weight is 341 g/mol. The fourth-order valence-corrected chi connectivity index (χ4v) is 4.42. The molecule has 23 heavy (non-hydrogen) atoms. The van der Waals surface area contributed by atoms with E-state index in [0.717, 1.165) is 0 Å². The van der Waals surface area contributed by atoms with Crippen LogP contribution in [0.4, 0.5) is 5.69 Å². The summed E-state index contributed by atoms with van der Waals surface area (Å²) in [6.45, 7) is 3.94. The highest BCUT2D eigenvalue weighted by molar-refractivity contribution is 7.89. The van der Waals surface area contributed by atoms with Gasteiger partial charge in [-0.2, -0.15) is 0 Å². The fourth-order valence-electron chi connectivity index (χ4n) is 2.72. The number of benzene rings is 1. The Bertz CT molecular complexity index is 724. The van der Waals surface area contributed by atoms with Crippen LogP contribution in [-0.2, 0) is 14.8 Å². The van der Waals surface area contributed by atoms with Crippen LogP contribution < -0.4 is 4.72 Å². The number of hydrogen-bond acceptors (Lipinski definition) is 5. The Morgan fingerprint density at radius 1 is 1.35 bits per heavy atom. The van der Waals surface area contributed by atoms with E-state index in [1.807, 2.05) is 0 Å². The summed E-state index contributed by atoms with van der Waals surface area (Å²) >= 11 is 0. The van der Waals surface area contributed by atoms with Gasteiger partial charge in [0.15, 0.2) is 4.90 Å². The second-order valence-electron chi connectivity index (χ2n) is 5.58. The van der Waals surface area contributed by atoms with Crippen molar-refractivity contribution >= 4 is 21.6 Å². The lowest BCUT2D eigenvalue weighted by Gasteiger charge is -2.31. The molecule has 1 heterocycles. The number of carbonyl (C=O) groups is 1. The Hall–Kier alpha value is -2.00. The number of nitro benzene ring substituents is 1. The predicted molar refractivity (Wildman–Crippen MR) is 83.4 cm³/mol. The number of nitrogens with zero attached hydrogens (tertiary/aromatic N) is 2. The van der Waals surface area contributed by atoms with Gasteiger partial charge in [0, 0.05) is 32.1 Å². The van der Waals surface area contributed by atoms with Crippen LogP contribution in [0.3, 0.4) is 0 Å². The van der Waals surface area contributed by atoms with E-state index in [1.165, 1.54) is 32.0 Å². The number of nitro groups is 1. The minimum absolute atomic E-state index is 0.0409. The number of amides is 1. The maximum Gasteiger partial charge on any atom is 0.289 e. The van der Waals surface area contributed by atoms with Crippen molar-refractivity contribution in [2.75, 3.05) is 13.1 Å². The van der Waals surface area contributed by atoms with Crippen molar-refractivity contribution < 1.29 is 18.1 Å². The number of sulfonamides is 1. The molecule has 1 fully saturated rings. The molecule has 1 saturated heterocycles. The molecular weight excluding hydrogens is 322 g/mol. The summed E-state index contributed by atoms with van der Waals surface area (Å²) in [7, 11) is -4.00. The van der Waals surface area contributed by atoms with Crippen LogP contribution >= 0.6 is 0 Å². The lowest BCUT2D eigenvalue weighted by Crippen LogP contribution is -2.46. The van der Waals surface area contributed by atoms with Crippen molar-refractivity contribution in [1.82, 2.24) is 9.62 Å². The standard InChI is InChI=1S/C14H19N3O5S/c1-10-4-3-5-13(17(19)20)14(10)23(21,22)15-12-6-8-16(9-7-12)11(2)18/h3-5,12,15H,6-9H2,1-2H3. The first-order valence-electron chi connectivity index (χ1n) is 7.24. The topological polar surface area (TPSA) is 110 Å². The minimum Gasteiger partial charge on any atom is -0.343 e. The third kappa shape index (κ3) is 3.85. The number of piperidine rings is 1. The first-order chi connectivity index (χ1) is 10.7. The number of nitrogens with one attached hydrogen (secondary N) is 1. The van der Waals surface area contributed by atoms with Crippen molar-refractivity contribution in [2.45, 2.75) is 37.6 Å². The van der Waals surface area contributed by atoms with E-state index in [2.05, 4.69) is 4.72 Å². The van der Waals surface area contributed by atoms with Gasteiger partial charge in [0.05, 0.1) is 4.92 Å². The molecule has 1 aromatic rings. The highest BCUT2D eigenvalue weighted by Gasteiger charge is 2.31. The summed E-state index contributed by atoms with van der Waals surface area (Å²) in [5, 5.41) is 11.1. The molecule has 0 aromatic heterocycles. The molecule has 9 heteroatoms. The second-order valence-corrected chi connectivity index (χ2v) is 7.23. The van der Waals surface area contributed by atoms with Crippen LogP contribution in [-0.4, -0.2) is 43.3 Å². The van der Waals surface area contributed by atoms with Gasteiger partial charge >= 0.3 is 0 Å². The third-order valence-corrected chi connectivity index (χ3v) is 5.63. The van der Waals surface area contributed by atoms with Crippen LogP contribution in [0.1, 0.15) is 25.3 Å². The van der Waals surface area contributed by atoms with Gasteiger partial charge < -0.3 is 4.90 Å². The first kappa shape index (κ1) is 17.4. The molecule has 0 spiro atoms. The molecule has 0 radical (unpaired) electrons. The van der Waals surface area contributed by atoms with E-state index in [1.54, 1.807) is 4.90 Å². The van der Waals surface area contributed by atoms with Gasteiger partial charge in [-0.3, -0.25) is 14.9 Å². The second kappa shape index (κ2) is 6.63. The highest BCUT2D eigenvalue weighted by Crippen LogP contribution is 2.27. The number of aryl methyl sites for hydroxylation is 1. The molecule has 2 rings (SSSR count). The smallest absolute Gasteiger partial charge is 0.289 e. The number of likely N-dealkylation sites (tertiary alicyclic amines) is 1. The zero-order valence-corrected chi connectivity index (χ0v) is 13.8. The summed E-state index contributed by atoms with van der Waals surface area (Å²) in [5.41, 5.74) is -0.105. The van der Waals surface area contributed by atoms with Crippen LogP contribution in [0.25, 0.3) is 0 Å². The summed E-state index contributed by atoms with van der Waals surface area (Å²) in [6.07, 6.45) is 0.969. The van der Waals surface area contributed by atoms with Crippen molar-refractivity contribution in [1.29, 1.82) is 0 Å². The molecule has 1 amide bonds. The molecule has 1 aliphatic heterocycles. The zero-order chi connectivity index (χ0) is 17.2. The fraction of sp³-hybridized carbons (Fsp3) is 0.500. The number of carbonyl (C=O) groups excluding carboxylic acids is 1. The summed E-state index contributed by atoms with van der Waals surface area (Å²) in [4.78, 5) is 23.1. The van der Waals surface area contributed by atoms with E-state index in [4.69, 9.17) is 0 Å². The molecule has 0 aliphatic carbocycles. The van der Waals surface area contributed by atoms with Crippen molar-refractivity contribution in [3.63, 3.8) is 0 Å². The Labute approximate surface area is 134 Å². The lowest BCUT2D eigenvalue weighted by atomic mass is 10.1. The Morgan fingerprint density at radius 2 is 1.96 bits per heavy atom. The Morgan fingerprint density at radius 3 is 2.48 bits per heavy atom. The minimum atomic E-state index is -4.00. The van der Waals surface area contributed by atoms with Gasteiger partial charge in [-0.25, -0.2) is 13.1 Å². The molecule has 0 bridgehead atoms. The van der Waals surface area contributed by atoms with E-state index in [9.17, 15) is 23.3 Å². The van der Waals surface area contributed by atoms with Crippen molar-refractivity contribution in [2.24, 2.45) is 0 Å². The molecule has 1 aromatic carbocycles. The van der Waals surface area contributed by atoms with Crippen LogP contribution in [0.15, 0.2) is 23.1 Å². The molecule has 1 N–H and O–H groups in total. The molecule has 8 nitrogen and oxygen atoms in total. The van der Waals surface area contributed by atoms with E-state index in [-0.39, 0.29) is 16.8 Å². The maximum absolute atomic E-state index is 12.6. The Kier molecular flexibility index (Phi) is 5.00. The largest absolute Gasteiger partial charge is 0.343 e. The maximum atomic E-state index is 12.6. The average Bonchev–Trinajstić information content (AvgIpc) is 2.46. The molecule has 126 valence electrons. The number of rotatable bonds is 4. The molecule has 0 unspecified atom stereocenters. The normalized spacial score (nSPS) is 16.3. The molecule has 1 aliphatic rings. The van der Waals surface area contributed by atoms with Crippen LogP contribution in [0.2, 0.25) is 0 Å².